The van der Waals surface area contributed by atoms with Crippen LogP contribution < -0.4 is 10.6 Å². The first kappa shape index (κ1) is 13.1. The van der Waals surface area contributed by atoms with Crippen LogP contribution in [-0.2, 0) is 7.05 Å². The van der Waals surface area contributed by atoms with Crippen LogP contribution in [-0.4, -0.2) is 27.2 Å². The summed E-state index contributed by atoms with van der Waals surface area (Å²) in [7, 11) is 1.79. The maximum absolute atomic E-state index is 12.0. The van der Waals surface area contributed by atoms with E-state index in [1.807, 2.05) is 6.07 Å². The van der Waals surface area contributed by atoms with Crippen molar-refractivity contribution in [2.24, 2.45) is 7.05 Å². The van der Waals surface area contributed by atoms with E-state index in [1.165, 1.54) is 0 Å². The van der Waals surface area contributed by atoms with Crippen molar-refractivity contribution >= 4 is 17.3 Å². The average Bonchev–Trinajstić information content (AvgIpc) is 2.82. The molecule has 2 heterocycles. The zero-order chi connectivity index (χ0) is 13.7. The molecule has 0 unspecified atom stereocenters. The molecule has 6 nitrogen and oxygen atoms in total. The van der Waals surface area contributed by atoms with Gasteiger partial charge in [-0.25, -0.2) is 0 Å². The van der Waals surface area contributed by atoms with E-state index in [1.54, 1.807) is 36.4 Å². The number of aromatic nitrogens is 3. The highest BCUT2D eigenvalue weighted by atomic mass is 16.1. The molecule has 19 heavy (non-hydrogen) atoms. The Labute approximate surface area is 111 Å². The van der Waals surface area contributed by atoms with E-state index >= 15 is 0 Å². The predicted octanol–water partition coefficient (Wildman–Crippen LogP) is 1.89. The fourth-order valence-electron chi connectivity index (χ4n) is 1.61. The molecule has 6 heteroatoms. The van der Waals surface area contributed by atoms with Crippen molar-refractivity contribution in [3.63, 3.8) is 0 Å². The van der Waals surface area contributed by atoms with Crippen LogP contribution in [0.1, 0.15) is 23.8 Å². The van der Waals surface area contributed by atoms with E-state index in [9.17, 15) is 4.79 Å². The highest BCUT2D eigenvalue weighted by molar-refractivity contribution is 6.03. The van der Waals surface area contributed by atoms with Crippen molar-refractivity contribution in [2.45, 2.75) is 13.3 Å². The Balaban J connectivity index is 2.06. The predicted molar refractivity (Wildman–Crippen MR) is 74.2 cm³/mol. The second-order valence-electron chi connectivity index (χ2n) is 4.21. The Kier molecular flexibility index (Phi) is 4.12. The van der Waals surface area contributed by atoms with Gasteiger partial charge in [-0.15, -0.1) is 0 Å². The minimum absolute atomic E-state index is 0.242. The van der Waals surface area contributed by atoms with Crippen LogP contribution >= 0.6 is 0 Å². The van der Waals surface area contributed by atoms with Gasteiger partial charge in [0.15, 0.2) is 0 Å². The normalized spacial score (nSPS) is 10.2. The number of hydrogen-bond acceptors (Lipinski definition) is 4. The van der Waals surface area contributed by atoms with Gasteiger partial charge in [-0.3, -0.25) is 14.5 Å². The molecule has 0 saturated heterocycles. The number of nitrogens with one attached hydrogen (secondary N) is 2. The summed E-state index contributed by atoms with van der Waals surface area (Å²) in [6.45, 7) is 2.96. The molecule has 2 rings (SSSR count). The smallest absolute Gasteiger partial charge is 0.274 e. The topological polar surface area (TPSA) is 71.8 Å². The van der Waals surface area contributed by atoms with E-state index in [0.717, 1.165) is 18.7 Å². The summed E-state index contributed by atoms with van der Waals surface area (Å²) < 4.78 is 1.63. The van der Waals surface area contributed by atoms with E-state index in [2.05, 4.69) is 27.6 Å². The number of aryl methyl sites for hydroxylation is 1. The van der Waals surface area contributed by atoms with Crippen LogP contribution in [0.15, 0.2) is 30.7 Å². The molecule has 100 valence electrons. The molecule has 2 aromatic heterocycles. The lowest BCUT2D eigenvalue weighted by atomic mass is 10.3. The molecular weight excluding hydrogens is 242 g/mol. The third-order valence-electron chi connectivity index (χ3n) is 2.53. The monoisotopic (exact) mass is 259 g/mol. The fraction of sp³-hybridized carbons (Fsp3) is 0.308. The Hall–Kier alpha value is -2.37. The van der Waals surface area contributed by atoms with Gasteiger partial charge in [0.1, 0.15) is 5.69 Å². The van der Waals surface area contributed by atoms with E-state index in [0.29, 0.717) is 11.4 Å². The Morgan fingerprint density at radius 3 is 2.95 bits per heavy atom. The zero-order valence-electron chi connectivity index (χ0n) is 11.1. The van der Waals surface area contributed by atoms with Gasteiger partial charge in [0.25, 0.3) is 5.91 Å². The van der Waals surface area contributed by atoms with Crippen molar-refractivity contribution in [1.29, 1.82) is 0 Å². The van der Waals surface area contributed by atoms with Crippen molar-refractivity contribution in [1.82, 2.24) is 14.8 Å². The molecule has 0 radical (unpaired) electrons. The molecule has 0 spiro atoms. The SMILES string of the molecule is CCCNc1ccnc(C(=O)Nc2cnn(C)c2)c1. The molecule has 1 amide bonds. The van der Waals surface area contributed by atoms with Gasteiger partial charge in [-0.1, -0.05) is 6.92 Å². The van der Waals surface area contributed by atoms with Crippen molar-refractivity contribution < 1.29 is 4.79 Å². The Morgan fingerprint density at radius 1 is 1.42 bits per heavy atom. The summed E-state index contributed by atoms with van der Waals surface area (Å²) >= 11 is 0. The Morgan fingerprint density at radius 2 is 2.26 bits per heavy atom. The lowest BCUT2D eigenvalue weighted by Crippen LogP contribution is -2.13. The van der Waals surface area contributed by atoms with Crippen LogP contribution in [0.5, 0.6) is 0 Å². The van der Waals surface area contributed by atoms with Crippen LogP contribution in [0.3, 0.4) is 0 Å². The quantitative estimate of drug-likeness (QED) is 0.860. The number of amides is 1. The standard InChI is InChI=1S/C13H17N5O/c1-3-5-14-10-4-6-15-12(7-10)13(19)17-11-8-16-18(2)9-11/h4,6-9H,3,5H2,1-2H3,(H,14,15)(H,17,19). The number of nitrogens with zero attached hydrogens (tertiary/aromatic N) is 3. The first-order valence-corrected chi connectivity index (χ1v) is 6.19. The molecule has 2 aromatic rings. The van der Waals surface area contributed by atoms with Crippen LogP contribution in [0.4, 0.5) is 11.4 Å². The molecule has 0 aliphatic rings. The highest BCUT2D eigenvalue weighted by Crippen LogP contribution is 2.10. The largest absolute Gasteiger partial charge is 0.385 e. The van der Waals surface area contributed by atoms with Crippen molar-refractivity contribution in [3.8, 4) is 0 Å². The Bertz CT molecular complexity index is 564. The molecule has 0 aromatic carbocycles. The van der Waals surface area contributed by atoms with E-state index in [4.69, 9.17) is 0 Å². The van der Waals surface area contributed by atoms with Crippen LogP contribution in [0.2, 0.25) is 0 Å². The summed E-state index contributed by atoms with van der Waals surface area (Å²) in [5.74, 6) is -0.242. The van der Waals surface area contributed by atoms with Crippen molar-refractivity contribution in [2.75, 3.05) is 17.2 Å². The van der Waals surface area contributed by atoms with Gasteiger partial charge in [0.05, 0.1) is 11.9 Å². The summed E-state index contributed by atoms with van der Waals surface area (Å²) in [4.78, 5) is 16.1. The average molecular weight is 259 g/mol. The second-order valence-corrected chi connectivity index (χ2v) is 4.21. The summed E-state index contributed by atoms with van der Waals surface area (Å²) in [6, 6.07) is 3.58. The van der Waals surface area contributed by atoms with Gasteiger partial charge in [-0.2, -0.15) is 5.10 Å². The number of anilines is 2. The number of carbonyl (C=O) groups excluding carboxylic acids is 1. The summed E-state index contributed by atoms with van der Waals surface area (Å²) in [5.41, 5.74) is 1.93. The number of pyridine rings is 1. The number of carbonyl (C=O) groups is 1. The van der Waals surface area contributed by atoms with Gasteiger partial charge in [-0.05, 0) is 18.6 Å². The highest BCUT2D eigenvalue weighted by Gasteiger charge is 2.09. The third-order valence-corrected chi connectivity index (χ3v) is 2.53. The summed E-state index contributed by atoms with van der Waals surface area (Å²) in [5, 5.41) is 9.96. The molecule has 0 fully saturated rings. The lowest BCUT2D eigenvalue weighted by Gasteiger charge is -2.06. The minimum Gasteiger partial charge on any atom is -0.385 e. The first-order chi connectivity index (χ1) is 9.19. The number of hydrogen-bond donors (Lipinski definition) is 2. The van der Waals surface area contributed by atoms with Gasteiger partial charge < -0.3 is 10.6 Å². The zero-order valence-corrected chi connectivity index (χ0v) is 11.1. The lowest BCUT2D eigenvalue weighted by molar-refractivity contribution is 0.102. The minimum atomic E-state index is -0.242. The molecular formula is C13H17N5O. The van der Waals surface area contributed by atoms with Gasteiger partial charge >= 0.3 is 0 Å². The summed E-state index contributed by atoms with van der Waals surface area (Å²) in [6.07, 6.45) is 5.98. The first-order valence-electron chi connectivity index (χ1n) is 6.19. The second kappa shape index (κ2) is 5.99. The maximum Gasteiger partial charge on any atom is 0.274 e. The van der Waals surface area contributed by atoms with Gasteiger partial charge in [0, 0.05) is 31.7 Å². The maximum atomic E-state index is 12.0. The molecule has 0 aliphatic heterocycles. The van der Waals surface area contributed by atoms with Gasteiger partial charge in [0.2, 0.25) is 0 Å². The van der Waals surface area contributed by atoms with E-state index < -0.39 is 0 Å². The molecule has 0 atom stereocenters. The molecule has 0 aliphatic carbocycles. The third kappa shape index (κ3) is 3.54. The molecule has 0 saturated carbocycles. The van der Waals surface area contributed by atoms with Crippen molar-refractivity contribution in [3.05, 3.63) is 36.4 Å². The van der Waals surface area contributed by atoms with Crippen LogP contribution in [0, 0.1) is 0 Å². The fourth-order valence-corrected chi connectivity index (χ4v) is 1.61. The molecule has 0 bridgehead atoms. The van der Waals surface area contributed by atoms with Crippen LogP contribution in [0.25, 0.3) is 0 Å². The molecule has 2 N–H and O–H groups in total. The van der Waals surface area contributed by atoms with E-state index in [-0.39, 0.29) is 5.91 Å². The number of rotatable bonds is 5.